The number of anilines is 1. The van der Waals surface area contributed by atoms with E-state index in [2.05, 4.69) is 5.32 Å². The second-order valence-corrected chi connectivity index (χ2v) is 12.0. The van der Waals surface area contributed by atoms with Crippen molar-refractivity contribution in [1.29, 1.82) is 0 Å². The molecule has 3 aromatic carbocycles. The van der Waals surface area contributed by atoms with Crippen molar-refractivity contribution in [3.8, 4) is 5.75 Å². The quantitative estimate of drug-likeness (QED) is 0.316. The van der Waals surface area contributed by atoms with Crippen LogP contribution in [0.3, 0.4) is 0 Å². The van der Waals surface area contributed by atoms with E-state index >= 15 is 0 Å². The van der Waals surface area contributed by atoms with Gasteiger partial charge in [-0.2, -0.15) is 0 Å². The van der Waals surface area contributed by atoms with Crippen LogP contribution in [0.4, 0.5) is 5.69 Å². The Morgan fingerprint density at radius 3 is 2.10 bits per heavy atom. The van der Waals surface area contributed by atoms with E-state index in [4.69, 9.17) is 16.3 Å². The van der Waals surface area contributed by atoms with E-state index in [0.717, 1.165) is 21.9 Å². The second kappa shape index (κ2) is 13.7. The van der Waals surface area contributed by atoms with Gasteiger partial charge in [0.2, 0.25) is 11.8 Å². The molecular formula is C30H36ClN3O5S. The Kier molecular flexibility index (Phi) is 10.6. The number of halogens is 1. The van der Waals surface area contributed by atoms with Gasteiger partial charge in [0.1, 0.15) is 18.3 Å². The average Bonchev–Trinajstić information content (AvgIpc) is 2.95. The van der Waals surface area contributed by atoms with Gasteiger partial charge in [-0.25, -0.2) is 8.42 Å². The number of methoxy groups -OCH3 is 1. The molecule has 2 unspecified atom stereocenters. The summed E-state index contributed by atoms with van der Waals surface area (Å²) in [6.07, 6.45) is 0.728. The van der Waals surface area contributed by atoms with Crippen LogP contribution in [0.2, 0.25) is 5.02 Å². The summed E-state index contributed by atoms with van der Waals surface area (Å²) in [6, 6.07) is 18.9. The van der Waals surface area contributed by atoms with Crippen molar-refractivity contribution >= 4 is 39.1 Å². The molecule has 3 rings (SSSR count). The molecule has 0 aromatic heterocycles. The number of carbonyl (C=O) groups is 2. The normalized spacial score (nSPS) is 12.8. The van der Waals surface area contributed by atoms with Crippen LogP contribution < -0.4 is 14.4 Å². The predicted molar refractivity (Wildman–Crippen MR) is 158 cm³/mol. The summed E-state index contributed by atoms with van der Waals surface area (Å²) >= 11 is 5.99. The maximum absolute atomic E-state index is 13.9. The molecule has 2 amide bonds. The number of nitrogens with one attached hydrogen (secondary N) is 1. The first-order chi connectivity index (χ1) is 19.0. The lowest BCUT2D eigenvalue weighted by atomic mass is 10.1. The summed E-state index contributed by atoms with van der Waals surface area (Å²) in [7, 11) is -2.59. The molecule has 0 heterocycles. The lowest BCUT2D eigenvalue weighted by Gasteiger charge is -2.32. The molecular weight excluding hydrogens is 550 g/mol. The van der Waals surface area contributed by atoms with Crippen molar-refractivity contribution < 1.29 is 22.7 Å². The highest BCUT2D eigenvalue weighted by atomic mass is 35.5. The summed E-state index contributed by atoms with van der Waals surface area (Å²) < 4.78 is 33.9. The first-order valence-electron chi connectivity index (χ1n) is 13.0. The maximum Gasteiger partial charge on any atom is 0.264 e. The Hall–Kier alpha value is -3.56. The van der Waals surface area contributed by atoms with Crippen molar-refractivity contribution in [2.24, 2.45) is 0 Å². The number of hydrogen-bond donors (Lipinski definition) is 1. The van der Waals surface area contributed by atoms with Crippen LogP contribution in [0.15, 0.2) is 77.7 Å². The number of nitrogens with zero attached hydrogens (tertiary/aromatic N) is 2. The summed E-state index contributed by atoms with van der Waals surface area (Å²) in [5, 5.41) is 3.32. The van der Waals surface area contributed by atoms with Crippen molar-refractivity contribution in [2.45, 2.75) is 57.6 Å². The van der Waals surface area contributed by atoms with E-state index in [9.17, 15) is 18.0 Å². The monoisotopic (exact) mass is 585 g/mol. The molecule has 0 aliphatic heterocycles. The van der Waals surface area contributed by atoms with E-state index in [1.165, 1.54) is 29.2 Å². The smallest absolute Gasteiger partial charge is 0.264 e. The zero-order valence-electron chi connectivity index (χ0n) is 23.4. The summed E-state index contributed by atoms with van der Waals surface area (Å²) in [4.78, 5) is 28.5. The van der Waals surface area contributed by atoms with Crippen LogP contribution in [0.5, 0.6) is 5.75 Å². The first-order valence-corrected chi connectivity index (χ1v) is 14.9. The molecule has 3 aromatic rings. The fraction of sp³-hybridized carbons (Fsp3) is 0.333. The summed E-state index contributed by atoms with van der Waals surface area (Å²) in [5.41, 5.74) is 2.03. The van der Waals surface area contributed by atoms with Crippen LogP contribution in [-0.2, 0) is 26.2 Å². The number of carbonyl (C=O) groups excluding carboxylic acids is 2. The minimum absolute atomic E-state index is 0.00505. The van der Waals surface area contributed by atoms with Gasteiger partial charge in [-0.1, -0.05) is 48.4 Å². The second-order valence-electron chi connectivity index (χ2n) is 9.66. The molecule has 8 nitrogen and oxygen atoms in total. The van der Waals surface area contributed by atoms with Gasteiger partial charge in [0.15, 0.2) is 0 Å². The number of aryl methyl sites for hydroxylation is 1. The number of rotatable bonds is 12. The van der Waals surface area contributed by atoms with Crippen molar-refractivity contribution in [1.82, 2.24) is 10.2 Å². The Balaban J connectivity index is 2.01. The fourth-order valence-corrected chi connectivity index (χ4v) is 5.49. The van der Waals surface area contributed by atoms with Gasteiger partial charge in [0.05, 0.1) is 17.7 Å². The highest BCUT2D eigenvalue weighted by Crippen LogP contribution is 2.26. The van der Waals surface area contributed by atoms with Gasteiger partial charge in [-0.3, -0.25) is 13.9 Å². The molecule has 0 saturated heterocycles. The van der Waals surface area contributed by atoms with Crippen LogP contribution in [0.25, 0.3) is 0 Å². The Labute approximate surface area is 241 Å². The van der Waals surface area contributed by atoms with Gasteiger partial charge in [-0.05, 0) is 81.3 Å². The van der Waals surface area contributed by atoms with Gasteiger partial charge in [0.25, 0.3) is 10.0 Å². The van der Waals surface area contributed by atoms with E-state index in [0.29, 0.717) is 16.5 Å². The number of benzene rings is 3. The topological polar surface area (TPSA) is 96.0 Å². The highest BCUT2D eigenvalue weighted by molar-refractivity contribution is 7.92. The van der Waals surface area contributed by atoms with Crippen molar-refractivity contribution in [3.63, 3.8) is 0 Å². The molecule has 2 atom stereocenters. The lowest BCUT2D eigenvalue weighted by molar-refractivity contribution is -0.139. The zero-order chi connectivity index (χ0) is 29.4. The first kappa shape index (κ1) is 31.0. The molecule has 0 aliphatic carbocycles. The van der Waals surface area contributed by atoms with E-state index < -0.39 is 28.5 Å². The Morgan fingerprint density at radius 1 is 0.950 bits per heavy atom. The largest absolute Gasteiger partial charge is 0.497 e. The number of amides is 2. The predicted octanol–water partition coefficient (Wildman–Crippen LogP) is 5.18. The van der Waals surface area contributed by atoms with Gasteiger partial charge in [0, 0.05) is 17.6 Å². The fourth-order valence-electron chi connectivity index (χ4n) is 3.95. The molecule has 40 heavy (non-hydrogen) atoms. The van der Waals surface area contributed by atoms with Crippen LogP contribution in [0, 0.1) is 6.92 Å². The SMILES string of the molecule is CCC(C)NC(=O)C(C)N(Cc1ccc(OC)cc1)C(=O)CN(c1ccc(C)cc1)S(=O)(=O)c1ccc(Cl)cc1. The molecule has 0 radical (unpaired) electrons. The molecule has 214 valence electrons. The average molecular weight is 586 g/mol. The molecule has 0 bridgehead atoms. The van der Waals surface area contributed by atoms with Crippen molar-refractivity contribution in [2.75, 3.05) is 18.0 Å². The molecule has 0 saturated carbocycles. The molecule has 0 spiro atoms. The van der Waals surface area contributed by atoms with Gasteiger partial charge < -0.3 is 15.0 Å². The molecule has 1 N–H and O–H groups in total. The van der Waals surface area contributed by atoms with Crippen LogP contribution in [-0.4, -0.2) is 50.9 Å². The van der Waals surface area contributed by atoms with Gasteiger partial charge in [-0.15, -0.1) is 0 Å². The minimum atomic E-state index is -4.15. The molecule has 0 fully saturated rings. The van der Waals surface area contributed by atoms with Gasteiger partial charge >= 0.3 is 0 Å². The zero-order valence-corrected chi connectivity index (χ0v) is 25.0. The third-order valence-corrected chi connectivity index (χ3v) is 8.72. The number of hydrogen-bond acceptors (Lipinski definition) is 5. The molecule has 0 aliphatic rings. The summed E-state index contributed by atoms with van der Waals surface area (Å²) in [6.45, 7) is 6.96. The Bertz CT molecular complexity index is 1390. The van der Waals surface area contributed by atoms with E-state index in [1.807, 2.05) is 20.8 Å². The third kappa shape index (κ3) is 7.76. The van der Waals surface area contributed by atoms with Crippen LogP contribution >= 0.6 is 11.6 Å². The van der Waals surface area contributed by atoms with E-state index in [-0.39, 0.29) is 23.4 Å². The number of ether oxygens (including phenoxy) is 1. The standard InChI is InChI=1S/C30H36ClN3O5S/c1-6-22(3)32-30(36)23(4)33(19-24-9-15-27(39-5)16-10-24)29(35)20-34(26-13-7-21(2)8-14-26)40(37,38)28-17-11-25(31)12-18-28/h7-18,22-23H,6,19-20H2,1-5H3,(H,32,36). The number of sulfonamides is 1. The van der Waals surface area contributed by atoms with E-state index in [1.54, 1.807) is 62.6 Å². The molecule has 10 heteroatoms. The third-order valence-electron chi connectivity index (χ3n) is 6.68. The minimum Gasteiger partial charge on any atom is -0.497 e. The lowest BCUT2D eigenvalue weighted by Crippen LogP contribution is -2.52. The van der Waals surface area contributed by atoms with Crippen LogP contribution in [0.1, 0.15) is 38.3 Å². The highest BCUT2D eigenvalue weighted by Gasteiger charge is 2.32. The van der Waals surface area contributed by atoms with Crippen molar-refractivity contribution in [3.05, 3.63) is 88.9 Å². The summed E-state index contributed by atoms with van der Waals surface area (Å²) in [5.74, 6) is -0.191. The maximum atomic E-state index is 13.9. The Morgan fingerprint density at radius 2 is 1.55 bits per heavy atom.